The van der Waals surface area contributed by atoms with Gasteiger partial charge in [-0.1, -0.05) is 0 Å². The van der Waals surface area contributed by atoms with Gasteiger partial charge in [0.2, 0.25) is 0 Å². The van der Waals surface area contributed by atoms with E-state index in [1.165, 1.54) is 17.2 Å². The molecule has 7 heteroatoms. The van der Waals surface area contributed by atoms with Crippen molar-refractivity contribution in [3.05, 3.63) is 28.1 Å². The van der Waals surface area contributed by atoms with E-state index in [1.54, 1.807) is 11.6 Å². The fraction of sp³-hybridized carbons (Fsp3) is 0.545. The summed E-state index contributed by atoms with van der Waals surface area (Å²) in [5.74, 6) is -0.224. The zero-order valence-corrected chi connectivity index (χ0v) is 10.6. The van der Waals surface area contributed by atoms with Crippen LogP contribution in [0, 0.1) is 10.1 Å². The van der Waals surface area contributed by atoms with E-state index in [1.807, 2.05) is 6.92 Å². The third kappa shape index (κ3) is 3.07. The summed E-state index contributed by atoms with van der Waals surface area (Å²) in [5, 5.41) is 10.7. The quantitative estimate of drug-likeness (QED) is 0.601. The minimum atomic E-state index is -0.497. The number of nitrogens with two attached hydrogens (primary N) is 1. The molecule has 1 heterocycles. The highest BCUT2D eigenvalue weighted by molar-refractivity contribution is 5.93. The largest absolute Gasteiger partial charge is 0.340 e. The van der Waals surface area contributed by atoms with Gasteiger partial charge in [-0.05, 0) is 19.9 Å². The van der Waals surface area contributed by atoms with Gasteiger partial charge in [0.15, 0.2) is 0 Å². The number of amides is 1. The summed E-state index contributed by atoms with van der Waals surface area (Å²) in [4.78, 5) is 23.8. The van der Waals surface area contributed by atoms with Crippen LogP contribution in [0.2, 0.25) is 0 Å². The van der Waals surface area contributed by atoms with Crippen molar-refractivity contribution in [3.63, 3.8) is 0 Å². The molecule has 0 spiro atoms. The third-order valence-electron chi connectivity index (χ3n) is 2.70. The summed E-state index contributed by atoms with van der Waals surface area (Å²) in [6.07, 6.45) is 2.08. The van der Waals surface area contributed by atoms with E-state index < -0.39 is 4.92 Å². The van der Waals surface area contributed by atoms with E-state index in [4.69, 9.17) is 5.73 Å². The van der Waals surface area contributed by atoms with Gasteiger partial charge in [-0.2, -0.15) is 0 Å². The normalized spacial score (nSPS) is 10.4. The first-order valence-corrected chi connectivity index (χ1v) is 5.81. The van der Waals surface area contributed by atoms with Gasteiger partial charge in [-0.25, -0.2) is 0 Å². The van der Waals surface area contributed by atoms with Crippen LogP contribution < -0.4 is 5.73 Å². The number of aromatic nitrogens is 1. The van der Waals surface area contributed by atoms with Crippen LogP contribution in [0.1, 0.15) is 23.8 Å². The molecule has 0 radical (unpaired) electrons. The van der Waals surface area contributed by atoms with Crippen LogP contribution in [-0.2, 0) is 6.54 Å². The number of carbonyl (C=O) groups is 1. The summed E-state index contributed by atoms with van der Waals surface area (Å²) in [7, 11) is 1.66. The average Bonchev–Trinajstić information content (AvgIpc) is 2.79. The molecular formula is C11H18N4O3. The fourth-order valence-electron chi connectivity index (χ4n) is 1.66. The maximum atomic E-state index is 12.1. The number of hydrogen-bond donors (Lipinski definition) is 1. The van der Waals surface area contributed by atoms with Crippen molar-refractivity contribution in [1.29, 1.82) is 0 Å². The Morgan fingerprint density at radius 2 is 2.28 bits per heavy atom. The third-order valence-corrected chi connectivity index (χ3v) is 2.70. The van der Waals surface area contributed by atoms with Crippen LogP contribution in [0.4, 0.5) is 5.69 Å². The Hall–Kier alpha value is -1.89. The number of hydrogen-bond acceptors (Lipinski definition) is 4. The molecule has 1 amide bonds. The van der Waals surface area contributed by atoms with Crippen molar-refractivity contribution >= 4 is 11.6 Å². The topological polar surface area (TPSA) is 94.4 Å². The zero-order valence-electron chi connectivity index (χ0n) is 10.6. The second-order valence-electron chi connectivity index (χ2n) is 4.00. The molecule has 100 valence electrons. The Balaban J connectivity index is 2.93. The van der Waals surface area contributed by atoms with Gasteiger partial charge in [0.1, 0.15) is 5.69 Å². The number of nitro groups is 1. The summed E-state index contributed by atoms with van der Waals surface area (Å²) < 4.78 is 1.58. The van der Waals surface area contributed by atoms with E-state index >= 15 is 0 Å². The Morgan fingerprint density at radius 1 is 1.61 bits per heavy atom. The average molecular weight is 254 g/mol. The van der Waals surface area contributed by atoms with Gasteiger partial charge in [-0.3, -0.25) is 14.9 Å². The predicted octanol–water partition coefficient (Wildman–Crippen LogP) is 0.837. The first kappa shape index (κ1) is 14.2. The van der Waals surface area contributed by atoms with Crippen molar-refractivity contribution in [1.82, 2.24) is 9.47 Å². The van der Waals surface area contributed by atoms with Gasteiger partial charge in [0.25, 0.3) is 11.6 Å². The molecule has 0 saturated heterocycles. The molecule has 0 unspecified atom stereocenters. The summed E-state index contributed by atoms with van der Waals surface area (Å²) in [6, 6.07) is 1.31. The maximum absolute atomic E-state index is 12.1. The lowest BCUT2D eigenvalue weighted by atomic mass is 10.3. The van der Waals surface area contributed by atoms with E-state index in [0.717, 1.165) is 0 Å². The van der Waals surface area contributed by atoms with E-state index in [0.29, 0.717) is 31.7 Å². The van der Waals surface area contributed by atoms with E-state index in [9.17, 15) is 14.9 Å². The Bertz CT molecular complexity index is 441. The highest BCUT2D eigenvalue weighted by Gasteiger charge is 2.20. The van der Waals surface area contributed by atoms with Crippen LogP contribution >= 0.6 is 0 Å². The molecule has 1 aromatic rings. The second-order valence-corrected chi connectivity index (χ2v) is 4.00. The minimum Gasteiger partial charge on any atom is -0.340 e. The SMILES string of the molecule is CCn1cc([N+](=O)[O-])cc1C(=O)N(C)CCCN. The van der Waals surface area contributed by atoms with Crippen LogP contribution in [0.15, 0.2) is 12.3 Å². The lowest BCUT2D eigenvalue weighted by Crippen LogP contribution is -2.30. The van der Waals surface area contributed by atoms with Crippen LogP contribution in [0.25, 0.3) is 0 Å². The molecule has 0 aliphatic rings. The van der Waals surface area contributed by atoms with E-state index in [-0.39, 0.29) is 11.6 Å². The highest BCUT2D eigenvalue weighted by Crippen LogP contribution is 2.17. The van der Waals surface area contributed by atoms with Crippen molar-refractivity contribution in [2.24, 2.45) is 5.73 Å². The maximum Gasteiger partial charge on any atom is 0.287 e. The van der Waals surface area contributed by atoms with Crippen molar-refractivity contribution in [2.45, 2.75) is 19.9 Å². The van der Waals surface area contributed by atoms with Crippen LogP contribution in [-0.4, -0.2) is 40.4 Å². The smallest absolute Gasteiger partial charge is 0.287 e. The van der Waals surface area contributed by atoms with Gasteiger partial charge in [-0.15, -0.1) is 0 Å². The van der Waals surface area contributed by atoms with Crippen LogP contribution in [0.3, 0.4) is 0 Å². The Morgan fingerprint density at radius 3 is 2.78 bits per heavy atom. The molecule has 1 rings (SSSR count). The van der Waals surface area contributed by atoms with Gasteiger partial charge in [0, 0.05) is 26.2 Å². The molecular weight excluding hydrogens is 236 g/mol. The molecule has 0 aliphatic carbocycles. The number of aryl methyl sites for hydroxylation is 1. The van der Waals surface area contributed by atoms with Crippen LogP contribution in [0.5, 0.6) is 0 Å². The summed E-state index contributed by atoms with van der Waals surface area (Å²) in [6.45, 7) is 3.39. The standard InChI is InChI=1S/C11H18N4O3/c1-3-14-8-9(15(17)18)7-10(14)11(16)13(2)6-4-5-12/h7-8H,3-6,12H2,1-2H3. The molecule has 0 fully saturated rings. The monoisotopic (exact) mass is 254 g/mol. The number of nitrogens with zero attached hydrogens (tertiary/aromatic N) is 3. The van der Waals surface area contributed by atoms with Crippen molar-refractivity contribution in [3.8, 4) is 0 Å². The minimum absolute atomic E-state index is 0.0626. The molecule has 1 aromatic heterocycles. The second kappa shape index (κ2) is 6.15. The first-order chi connectivity index (χ1) is 8.51. The first-order valence-electron chi connectivity index (χ1n) is 5.81. The van der Waals surface area contributed by atoms with Gasteiger partial charge in [0.05, 0.1) is 11.1 Å². The molecule has 0 aromatic carbocycles. The van der Waals surface area contributed by atoms with Crippen molar-refractivity contribution in [2.75, 3.05) is 20.1 Å². The predicted molar refractivity (Wildman–Crippen MR) is 67.4 cm³/mol. The summed E-state index contributed by atoms with van der Waals surface area (Å²) >= 11 is 0. The lowest BCUT2D eigenvalue weighted by molar-refractivity contribution is -0.384. The molecule has 0 aliphatic heterocycles. The lowest BCUT2D eigenvalue weighted by Gasteiger charge is -2.17. The Kier molecular flexibility index (Phi) is 4.85. The summed E-state index contributed by atoms with van der Waals surface area (Å²) in [5.41, 5.74) is 5.66. The highest BCUT2D eigenvalue weighted by atomic mass is 16.6. The van der Waals surface area contributed by atoms with Crippen molar-refractivity contribution < 1.29 is 9.72 Å². The molecule has 0 atom stereocenters. The van der Waals surface area contributed by atoms with Gasteiger partial charge < -0.3 is 15.2 Å². The number of carbonyl (C=O) groups excluding carboxylic acids is 1. The molecule has 0 saturated carbocycles. The molecule has 7 nitrogen and oxygen atoms in total. The molecule has 2 N–H and O–H groups in total. The van der Waals surface area contributed by atoms with Gasteiger partial charge >= 0.3 is 0 Å². The number of rotatable bonds is 6. The van der Waals surface area contributed by atoms with E-state index in [2.05, 4.69) is 0 Å². The Labute approximate surface area is 105 Å². The zero-order chi connectivity index (χ0) is 13.7. The molecule has 0 bridgehead atoms. The molecule has 18 heavy (non-hydrogen) atoms. The fourth-order valence-corrected chi connectivity index (χ4v) is 1.66.